The van der Waals surface area contributed by atoms with E-state index < -0.39 is 44.3 Å². The number of hydrogen-bond acceptors (Lipinski definition) is 6. The van der Waals surface area contributed by atoms with Crippen LogP contribution in [0.5, 0.6) is 0 Å². The van der Waals surface area contributed by atoms with Gasteiger partial charge < -0.3 is 19.4 Å². The Labute approximate surface area is 302 Å². The number of carbonyl (C=O) groups is 3. The third kappa shape index (κ3) is 9.30. The summed E-state index contributed by atoms with van der Waals surface area (Å²) < 4.78 is 32.5. The second-order valence-corrected chi connectivity index (χ2v) is 18.8. The number of piperidine rings is 1. The zero-order valence-electron chi connectivity index (χ0n) is 29.9. The highest BCUT2D eigenvalue weighted by atomic mass is 35.5. The summed E-state index contributed by atoms with van der Waals surface area (Å²) in [5.41, 5.74) is -0.0764. The molecule has 0 saturated carbocycles. The van der Waals surface area contributed by atoms with Gasteiger partial charge in [-0.3, -0.25) is 9.59 Å². The number of piperazine rings is 1. The van der Waals surface area contributed by atoms with Crippen LogP contribution in [0.1, 0.15) is 91.3 Å². The van der Waals surface area contributed by atoms with Crippen molar-refractivity contribution in [3.05, 3.63) is 69.7 Å². The summed E-state index contributed by atoms with van der Waals surface area (Å²) in [5, 5.41) is 0.458. The normalized spacial score (nSPS) is 22.9. The molecule has 12 heteroatoms. The van der Waals surface area contributed by atoms with E-state index in [4.69, 9.17) is 27.9 Å². The number of nitrogens with zero attached hydrogens (tertiary/aromatic N) is 3. The molecule has 2 aliphatic rings. The molecule has 0 aliphatic carbocycles. The smallest absolute Gasteiger partial charge is 0.410 e. The summed E-state index contributed by atoms with van der Waals surface area (Å²) >= 11 is 12.8. The Kier molecular flexibility index (Phi) is 12.1. The Balaban J connectivity index is 1.76. The first-order chi connectivity index (χ1) is 22.7. The number of amides is 3. The maximum absolute atomic E-state index is 15.1. The van der Waals surface area contributed by atoms with Crippen LogP contribution < -0.4 is 0 Å². The molecule has 3 amide bonds. The van der Waals surface area contributed by atoms with Crippen molar-refractivity contribution in [3.63, 3.8) is 0 Å². The van der Waals surface area contributed by atoms with E-state index in [9.17, 15) is 18.0 Å². The lowest BCUT2D eigenvalue weighted by Gasteiger charge is -2.53. The molecule has 270 valence electrons. The van der Waals surface area contributed by atoms with Gasteiger partial charge in [0, 0.05) is 54.6 Å². The van der Waals surface area contributed by atoms with E-state index in [2.05, 4.69) is 0 Å². The van der Waals surface area contributed by atoms with Crippen LogP contribution in [-0.2, 0) is 24.2 Å². The van der Waals surface area contributed by atoms with Crippen molar-refractivity contribution in [3.8, 4) is 0 Å². The van der Waals surface area contributed by atoms with Crippen molar-refractivity contribution < 1.29 is 27.5 Å². The quantitative estimate of drug-likeness (QED) is 0.266. The fourth-order valence-electron chi connectivity index (χ4n) is 6.85. The molecule has 2 heterocycles. The number of carbonyl (C=O) groups excluding carboxylic acids is 3. The highest BCUT2D eigenvalue weighted by Crippen LogP contribution is 2.53. The summed E-state index contributed by atoms with van der Waals surface area (Å²) in [4.78, 5) is 46.8. The molecule has 49 heavy (non-hydrogen) atoms. The van der Waals surface area contributed by atoms with E-state index >= 15 is 4.79 Å². The molecular formula is C37H51Cl2N3O6S. The minimum absolute atomic E-state index is 0.0685. The van der Waals surface area contributed by atoms with E-state index in [1.165, 1.54) is 0 Å². The van der Waals surface area contributed by atoms with Crippen molar-refractivity contribution in [2.24, 2.45) is 11.3 Å². The molecule has 0 bridgehead atoms. The van der Waals surface area contributed by atoms with E-state index in [1.54, 1.807) is 46.7 Å². The summed E-state index contributed by atoms with van der Waals surface area (Å²) in [6, 6.07) is 13.6. The second-order valence-electron chi connectivity index (χ2n) is 15.3. The second kappa shape index (κ2) is 15.2. The van der Waals surface area contributed by atoms with Crippen LogP contribution in [0.3, 0.4) is 0 Å². The Morgan fingerprint density at radius 3 is 2.04 bits per heavy atom. The van der Waals surface area contributed by atoms with Gasteiger partial charge in [0.15, 0.2) is 9.84 Å². The maximum Gasteiger partial charge on any atom is 0.410 e. The number of likely N-dealkylation sites (tertiary alicyclic amines) is 1. The van der Waals surface area contributed by atoms with Gasteiger partial charge in [0.05, 0.1) is 22.5 Å². The summed E-state index contributed by atoms with van der Waals surface area (Å²) in [6.07, 6.45) is -0.152. The Bertz CT molecular complexity index is 1620. The Morgan fingerprint density at radius 2 is 1.51 bits per heavy atom. The highest BCUT2D eigenvalue weighted by Gasteiger charge is 2.53. The largest absolute Gasteiger partial charge is 0.444 e. The van der Waals surface area contributed by atoms with E-state index in [-0.39, 0.29) is 35.8 Å². The van der Waals surface area contributed by atoms with Gasteiger partial charge in [0.25, 0.3) is 0 Å². The molecule has 0 N–H and O–H groups in total. The number of hydrogen-bond donors (Lipinski definition) is 0. The zero-order valence-corrected chi connectivity index (χ0v) is 32.2. The van der Waals surface area contributed by atoms with Crippen LogP contribution in [0, 0.1) is 11.3 Å². The van der Waals surface area contributed by atoms with Gasteiger partial charge in [-0.1, -0.05) is 68.2 Å². The van der Waals surface area contributed by atoms with Gasteiger partial charge in [-0.25, -0.2) is 13.2 Å². The Morgan fingerprint density at radius 1 is 0.918 bits per heavy atom. The average Bonchev–Trinajstić information content (AvgIpc) is 3.01. The van der Waals surface area contributed by atoms with Crippen LogP contribution in [0.15, 0.2) is 48.5 Å². The predicted octanol–water partition coefficient (Wildman–Crippen LogP) is 7.37. The van der Waals surface area contributed by atoms with Crippen molar-refractivity contribution >= 4 is 50.9 Å². The molecule has 2 aliphatic heterocycles. The molecule has 4 rings (SSSR count). The molecule has 2 aromatic carbocycles. The first kappa shape index (κ1) is 39.0. The number of benzene rings is 2. The first-order valence-corrected chi connectivity index (χ1v) is 19.5. The highest BCUT2D eigenvalue weighted by molar-refractivity contribution is 7.92. The molecule has 0 aromatic heterocycles. The number of sulfone groups is 1. The van der Waals surface area contributed by atoms with Gasteiger partial charge in [0.1, 0.15) is 5.60 Å². The lowest BCUT2D eigenvalue weighted by molar-refractivity contribution is -0.159. The van der Waals surface area contributed by atoms with Crippen LogP contribution in [0.2, 0.25) is 10.0 Å². The summed E-state index contributed by atoms with van der Waals surface area (Å²) in [6.45, 7) is 15.7. The van der Waals surface area contributed by atoms with E-state index in [0.717, 1.165) is 11.1 Å². The molecule has 0 unspecified atom stereocenters. The Hall–Kier alpha value is -2.82. The minimum Gasteiger partial charge on any atom is -0.444 e. The van der Waals surface area contributed by atoms with Gasteiger partial charge >= 0.3 is 6.09 Å². The lowest BCUT2D eigenvalue weighted by atomic mass is 9.66. The minimum atomic E-state index is -3.57. The molecule has 2 aromatic rings. The number of halogens is 2. The standard InChI is InChI=1S/C37H51Cl2N3O6S/c1-24(2)31(23-49(46,47)25(3)4)42-33(26-12-14-28(38)15-13-26)30(27-10-9-11-29(39)20-27)21-37(8,34(42)44)22-32(43)40-16-18-41(19-17-40)35(45)48-36(5,6)7/h9-15,20,24-25,30-31,33H,16-19,21-23H2,1-8H3/t30-,31-,33-,37-/m1/s1. The van der Waals surface area contributed by atoms with Crippen molar-refractivity contribution in [2.75, 3.05) is 31.9 Å². The monoisotopic (exact) mass is 735 g/mol. The van der Waals surface area contributed by atoms with Crippen LogP contribution in [0.4, 0.5) is 4.79 Å². The fourth-order valence-corrected chi connectivity index (χ4v) is 8.58. The third-order valence-corrected chi connectivity index (χ3v) is 12.4. The van der Waals surface area contributed by atoms with Crippen LogP contribution in [0.25, 0.3) is 0 Å². The maximum atomic E-state index is 15.1. The summed E-state index contributed by atoms with van der Waals surface area (Å²) in [5.74, 6) is -1.19. The molecule has 9 nitrogen and oxygen atoms in total. The van der Waals surface area contributed by atoms with E-state index in [1.807, 2.05) is 71.9 Å². The topological polar surface area (TPSA) is 104 Å². The SMILES string of the molecule is CC(C)[C@@H](CS(=O)(=O)C(C)C)N1C(=O)[C@@](C)(CC(=O)N2CCN(C(=O)OC(C)(C)C)CC2)C[C@H](c2cccc(Cl)c2)[C@H]1c1ccc(Cl)cc1. The van der Waals surface area contributed by atoms with Gasteiger partial charge in [-0.05, 0) is 82.3 Å². The van der Waals surface area contributed by atoms with Crippen molar-refractivity contribution in [2.45, 2.75) is 97.1 Å². The molecule has 2 saturated heterocycles. The first-order valence-electron chi connectivity index (χ1n) is 17.0. The number of rotatable bonds is 9. The van der Waals surface area contributed by atoms with Gasteiger partial charge in [0.2, 0.25) is 11.8 Å². The predicted molar refractivity (Wildman–Crippen MR) is 195 cm³/mol. The van der Waals surface area contributed by atoms with Crippen molar-refractivity contribution in [1.82, 2.24) is 14.7 Å². The molecule has 0 radical (unpaired) electrons. The lowest BCUT2D eigenvalue weighted by Crippen LogP contribution is -2.60. The molecule has 0 spiro atoms. The van der Waals surface area contributed by atoms with Gasteiger partial charge in [-0.15, -0.1) is 0 Å². The fraction of sp³-hybridized carbons (Fsp3) is 0.595. The third-order valence-electron chi connectivity index (χ3n) is 9.66. The number of ether oxygens (including phenoxy) is 1. The average molecular weight is 737 g/mol. The zero-order chi connectivity index (χ0) is 36.5. The molecular weight excluding hydrogens is 685 g/mol. The van der Waals surface area contributed by atoms with Crippen LogP contribution >= 0.6 is 23.2 Å². The van der Waals surface area contributed by atoms with Crippen molar-refractivity contribution in [1.29, 1.82) is 0 Å². The molecule has 4 atom stereocenters. The summed E-state index contributed by atoms with van der Waals surface area (Å²) in [7, 11) is -3.57. The molecule has 2 fully saturated rings. The van der Waals surface area contributed by atoms with Gasteiger partial charge in [-0.2, -0.15) is 0 Å². The van der Waals surface area contributed by atoms with E-state index in [0.29, 0.717) is 42.6 Å². The van der Waals surface area contributed by atoms with Crippen LogP contribution in [-0.4, -0.2) is 89.8 Å².